The van der Waals surface area contributed by atoms with Crippen molar-refractivity contribution in [3.05, 3.63) is 35.4 Å². The lowest BCUT2D eigenvalue weighted by molar-refractivity contribution is -0.136. The molecule has 0 aliphatic heterocycles. The summed E-state index contributed by atoms with van der Waals surface area (Å²) in [5.74, 6) is 0.478. The van der Waals surface area contributed by atoms with E-state index in [0.29, 0.717) is 11.3 Å². The summed E-state index contributed by atoms with van der Waals surface area (Å²) in [5, 5.41) is 0. The van der Waals surface area contributed by atoms with Crippen LogP contribution in [0.5, 0.6) is 0 Å². The van der Waals surface area contributed by atoms with Gasteiger partial charge in [-0.2, -0.15) is 25.8 Å². The Kier molecular flexibility index (Phi) is 3.68. The van der Waals surface area contributed by atoms with Crippen LogP contribution in [0.15, 0.2) is 24.3 Å². The predicted molar refractivity (Wildman–Crippen MR) is 58.7 cm³/mol. The molecule has 0 aliphatic rings. The van der Waals surface area contributed by atoms with Gasteiger partial charge in [-0.1, -0.05) is 18.2 Å². The number of alkyl halides is 3. The number of thiol groups is 1. The fraction of sp³-hybridized carbons (Fsp3) is 0.200. The standard InChI is InChI=1S/C10H10F3NS/c11-10(12,13)8-6-7(2-1-5-15)3-4-9(8)14/h1-4,6,15H,5,14H2. The number of anilines is 1. The second kappa shape index (κ2) is 4.61. The summed E-state index contributed by atoms with van der Waals surface area (Å²) < 4.78 is 37.3. The SMILES string of the molecule is Nc1ccc(C=CCS)cc1C(F)(F)F. The summed E-state index contributed by atoms with van der Waals surface area (Å²) in [5.41, 5.74) is 4.65. The fourth-order valence-electron chi connectivity index (χ4n) is 1.11. The second-order valence-electron chi connectivity index (χ2n) is 2.93. The van der Waals surface area contributed by atoms with Crippen LogP contribution < -0.4 is 5.73 Å². The van der Waals surface area contributed by atoms with Crippen LogP contribution >= 0.6 is 12.6 Å². The first-order valence-electron chi connectivity index (χ1n) is 4.19. The van der Waals surface area contributed by atoms with Gasteiger partial charge in [0.1, 0.15) is 0 Å². The van der Waals surface area contributed by atoms with E-state index in [0.717, 1.165) is 6.07 Å². The van der Waals surface area contributed by atoms with E-state index in [4.69, 9.17) is 5.73 Å². The van der Waals surface area contributed by atoms with Crippen molar-refractivity contribution in [2.45, 2.75) is 6.18 Å². The monoisotopic (exact) mass is 233 g/mol. The van der Waals surface area contributed by atoms with Crippen molar-refractivity contribution in [3.8, 4) is 0 Å². The average Bonchev–Trinajstić information content (AvgIpc) is 2.15. The molecule has 2 N–H and O–H groups in total. The zero-order chi connectivity index (χ0) is 11.5. The maximum atomic E-state index is 12.4. The minimum absolute atomic E-state index is 0.259. The Hall–Kier alpha value is -1.10. The van der Waals surface area contributed by atoms with E-state index >= 15 is 0 Å². The molecule has 15 heavy (non-hydrogen) atoms. The number of rotatable bonds is 2. The van der Waals surface area contributed by atoms with Crippen molar-refractivity contribution >= 4 is 24.4 Å². The molecule has 0 saturated heterocycles. The fourth-order valence-corrected chi connectivity index (χ4v) is 1.22. The van der Waals surface area contributed by atoms with Gasteiger partial charge in [-0.25, -0.2) is 0 Å². The molecule has 0 heterocycles. The average molecular weight is 233 g/mol. The van der Waals surface area contributed by atoms with Gasteiger partial charge >= 0.3 is 6.18 Å². The van der Waals surface area contributed by atoms with Crippen LogP contribution in [0.25, 0.3) is 6.08 Å². The normalized spacial score (nSPS) is 12.3. The number of halogens is 3. The van der Waals surface area contributed by atoms with Crippen molar-refractivity contribution in [1.82, 2.24) is 0 Å². The van der Waals surface area contributed by atoms with Crippen LogP contribution in [0.3, 0.4) is 0 Å². The number of hydrogen-bond donors (Lipinski definition) is 2. The van der Waals surface area contributed by atoms with E-state index in [1.807, 2.05) is 0 Å². The van der Waals surface area contributed by atoms with E-state index in [1.165, 1.54) is 12.1 Å². The molecule has 0 unspecified atom stereocenters. The number of nitrogens with two attached hydrogens (primary N) is 1. The molecular weight excluding hydrogens is 223 g/mol. The minimum atomic E-state index is -4.41. The van der Waals surface area contributed by atoms with Crippen molar-refractivity contribution in [1.29, 1.82) is 0 Å². The second-order valence-corrected chi connectivity index (χ2v) is 3.29. The van der Waals surface area contributed by atoms with Gasteiger partial charge in [-0.05, 0) is 17.7 Å². The minimum Gasteiger partial charge on any atom is -0.398 e. The first kappa shape index (κ1) is 12.0. The summed E-state index contributed by atoms with van der Waals surface area (Å²) in [7, 11) is 0. The van der Waals surface area contributed by atoms with Gasteiger partial charge in [0.25, 0.3) is 0 Å². The van der Waals surface area contributed by atoms with Crippen LogP contribution in [-0.2, 0) is 6.18 Å². The molecule has 5 heteroatoms. The highest BCUT2D eigenvalue weighted by Crippen LogP contribution is 2.34. The summed E-state index contributed by atoms with van der Waals surface area (Å²) in [6.07, 6.45) is -1.18. The van der Waals surface area contributed by atoms with Crippen molar-refractivity contribution in [3.63, 3.8) is 0 Å². The molecular formula is C10H10F3NS. The first-order valence-corrected chi connectivity index (χ1v) is 4.82. The highest BCUT2D eigenvalue weighted by molar-refractivity contribution is 7.80. The molecule has 1 nitrogen and oxygen atoms in total. The Morgan fingerprint density at radius 2 is 2.00 bits per heavy atom. The van der Waals surface area contributed by atoms with Crippen LogP contribution in [0, 0.1) is 0 Å². The van der Waals surface area contributed by atoms with E-state index in [1.54, 1.807) is 12.2 Å². The lowest BCUT2D eigenvalue weighted by atomic mass is 10.1. The molecule has 0 bridgehead atoms. The molecule has 1 aromatic carbocycles. The lowest BCUT2D eigenvalue weighted by Crippen LogP contribution is -2.08. The summed E-state index contributed by atoms with van der Waals surface area (Å²) in [6.45, 7) is 0. The first-order chi connectivity index (χ1) is 6.95. The topological polar surface area (TPSA) is 26.0 Å². The number of hydrogen-bond acceptors (Lipinski definition) is 2. The third kappa shape index (κ3) is 3.20. The van der Waals surface area contributed by atoms with Crippen LogP contribution in [0.2, 0.25) is 0 Å². The van der Waals surface area contributed by atoms with Crippen LogP contribution in [-0.4, -0.2) is 5.75 Å². The van der Waals surface area contributed by atoms with E-state index in [2.05, 4.69) is 12.6 Å². The zero-order valence-electron chi connectivity index (χ0n) is 7.75. The smallest absolute Gasteiger partial charge is 0.398 e. The Morgan fingerprint density at radius 3 is 2.53 bits per heavy atom. The van der Waals surface area contributed by atoms with E-state index in [9.17, 15) is 13.2 Å². The van der Waals surface area contributed by atoms with Gasteiger partial charge < -0.3 is 5.73 Å². The maximum Gasteiger partial charge on any atom is 0.418 e. The highest BCUT2D eigenvalue weighted by Gasteiger charge is 2.32. The van der Waals surface area contributed by atoms with Crippen molar-refractivity contribution in [2.24, 2.45) is 0 Å². The van der Waals surface area contributed by atoms with E-state index < -0.39 is 11.7 Å². The zero-order valence-corrected chi connectivity index (χ0v) is 8.65. The Balaban J connectivity index is 3.11. The maximum absolute atomic E-state index is 12.4. The van der Waals surface area contributed by atoms with Gasteiger partial charge in [0.15, 0.2) is 0 Å². The van der Waals surface area contributed by atoms with Crippen molar-refractivity contribution in [2.75, 3.05) is 11.5 Å². The largest absolute Gasteiger partial charge is 0.418 e. The van der Waals surface area contributed by atoms with Gasteiger partial charge in [0.2, 0.25) is 0 Å². The molecule has 0 spiro atoms. The third-order valence-electron chi connectivity index (χ3n) is 1.80. The molecule has 0 fully saturated rings. The lowest BCUT2D eigenvalue weighted by Gasteiger charge is -2.10. The number of nitrogen functional groups attached to an aromatic ring is 1. The highest BCUT2D eigenvalue weighted by atomic mass is 32.1. The molecule has 0 saturated carbocycles. The van der Waals surface area contributed by atoms with E-state index in [-0.39, 0.29) is 5.69 Å². The summed E-state index contributed by atoms with van der Waals surface area (Å²) in [6, 6.07) is 3.81. The molecule has 1 aromatic rings. The molecule has 0 amide bonds. The van der Waals surface area contributed by atoms with Crippen LogP contribution in [0.1, 0.15) is 11.1 Å². The Bertz CT molecular complexity index is 371. The van der Waals surface area contributed by atoms with Gasteiger partial charge in [0, 0.05) is 11.4 Å². The molecule has 0 aromatic heterocycles. The molecule has 0 atom stereocenters. The third-order valence-corrected chi connectivity index (χ3v) is 2.01. The summed E-state index contributed by atoms with van der Waals surface area (Å²) in [4.78, 5) is 0. The molecule has 82 valence electrons. The molecule has 0 radical (unpaired) electrons. The molecule has 1 rings (SSSR count). The molecule has 0 aliphatic carbocycles. The van der Waals surface area contributed by atoms with Gasteiger partial charge in [0.05, 0.1) is 5.56 Å². The van der Waals surface area contributed by atoms with Crippen molar-refractivity contribution < 1.29 is 13.2 Å². The predicted octanol–water partition coefficient (Wildman–Crippen LogP) is 3.23. The van der Waals surface area contributed by atoms with Crippen LogP contribution in [0.4, 0.5) is 18.9 Å². The van der Waals surface area contributed by atoms with Gasteiger partial charge in [-0.15, -0.1) is 0 Å². The summed E-state index contributed by atoms with van der Waals surface area (Å²) >= 11 is 3.92. The Labute approximate surface area is 91.2 Å². The Morgan fingerprint density at radius 1 is 1.33 bits per heavy atom. The number of benzene rings is 1. The van der Waals surface area contributed by atoms with Gasteiger partial charge in [-0.3, -0.25) is 0 Å². The quantitative estimate of drug-likeness (QED) is 0.595.